The van der Waals surface area contributed by atoms with E-state index in [4.69, 9.17) is 9.47 Å². The van der Waals surface area contributed by atoms with Crippen molar-refractivity contribution in [2.24, 2.45) is 0 Å². The molecule has 5 nitrogen and oxygen atoms in total. The van der Waals surface area contributed by atoms with Crippen molar-refractivity contribution in [3.63, 3.8) is 0 Å². The van der Waals surface area contributed by atoms with E-state index in [1.54, 1.807) is 14.2 Å². The fourth-order valence-electron chi connectivity index (χ4n) is 1.69. The SMILES string of the molecule is COC(=O)CC(C)NCc1ccc(OC)cc1OC. The number of hydrogen-bond donors (Lipinski definition) is 1. The maximum Gasteiger partial charge on any atom is 0.307 e. The third-order valence-corrected chi connectivity index (χ3v) is 2.84. The van der Waals surface area contributed by atoms with Gasteiger partial charge in [-0.3, -0.25) is 4.79 Å². The van der Waals surface area contributed by atoms with E-state index in [0.29, 0.717) is 13.0 Å². The van der Waals surface area contributed by atoms with Crippen molar-refractivity contribution in [3.05, 3.63) is 23.8 Å². The lowest BCUT2D eigenvalue weighted by atomic mass is 10.1. The standard InChI is InChI=1S/C14H21NO4/c1-10(7-14(16)19-4)15-9-11-5-6-12(17-2)8-13(11)18-3/h5-6,8,10,15H,7,9H2,1-4H3. The summed E-state index contributed by atoms with van der Waals surface area (Å²) >= 11 is 0. The third kappa shape index (κ3) is 4.79. The number of carbonyl (C=O) groups is 1. The first-order chi connectivity index (χ1) is 9.10. The second kappa shape index (κ2) is 7.63. The molecule has 0 fully saturated rings. The van der Waals surface area contributed by atoms with E-state index in [9.17, 15) is 4.79 Å². The Labute approximate surface area is 113 Å². The molecule has 0 bridgehead atoms. The van der Waals surface area contributed by atoms with Crippen LogP contribution in [0.25, 0.3) is 0 Å². The molecule has 1 aromatic carbocycles. The van der Waals surface area contributed by atoms with Crippen LogP contribution in [0.3, 0.4) is 0 Å². The van der Waals surface area contributed by atoms with Crippen molar-refractivity contribution in [2.75, 3.05) is 21.3 Å². The Hall–Kier alpha value is -1.75. The lowest BCUT2D eigenvalue weighted by molar-refractivity contribution is -0.141. The van der Waals surface area contributed by atoms with E-state index in [2.05, 4.69) is 10.1 Å². The second-order valence-electron chi connectivity index (χ2n) is 4.24. The normalized spacial score (nSPS) is 11.8. The molecule has 0 amide bonds. The third-order valence-electron chi connectivity index (χ3n) is 2.84. The van der Waals surface area contributed by atoms with Gasteiger partial charge < -0.3 is 19.5 Å². The van der Waals surface area contributed by atoms with Crippen LogP contribution in [0.4, 0.5) is 0 Å². The van der Waals surface area contributed by atoms with Crippen LogP contribution < -0.4 is 14.8 Å². The summed E-state index contributed by atoms with van der Waals surface area (Å²) in [4.78, 5) is 11.1. The summed E-state index contributed by atoms with van der Waals surface area (Å²) < 4.78 is 15.1. The van der Waals surface area contributed by atoms with Gasteiger partial charge in [-0.25, -0.2) is 0 Å². The molecule has 1 unspecified atom stereocenters. The van der Waals surface area contributed by atoms with Crippen LogP contribution in [0, 0.1) is 0 Å². The van der Waals surface area contributed by atoms with E-state index in [0.717, 1.165) is 17.1 Å². The summed E-state index contributed by atoms with van der Waals surface area (Å²) in [7, 11) is 4.63. The minimum Gasteiger partial charge on any atom is -0.497 e. The summed E-state index contributed by atoms with van der Waals surface area (Å²) in [5, 5.41) is 3.25. The highest BCUT2D eigenvalue weighted by Crippen LogP contribution is 2.24. The lowest BCUT2D eigenvalue weighted by Gasteiger charge is -2.15. The zero-order valence-electron chi connectivity index (χ0n) is 11.9. The molecule has 1 N–H and O–H groups in total. The van der Waals surface area contributed by atoms with Gasteiger partial charge in [-0.1, -0.05) is 6.07 Å². The topological polar surface area (TPSA) is 56.8 Å². The lowest BCUT2D eigenvalue weighted by Crippen LogP contribution is -2.28. The molecule has 1 rings (SSSR count). The van der Waals surface area contributed by atoms with Crippen LogP contribution in [0.1, 0.15) is 18.9 Å². The summed E-state index contributed by atoms with van der Waals surface area (Å²) in [6.45, 7) is 2.55. The predicted molar refractivity (Wildman–Crippen MR) is 72.5 cm³/mol. The number of ether oxygens (including phenoxy) is 3. The second-order valence-corrected chi connectivity index (χ2v) is 4.24. The molecule has 0 saturated heterocycles. The fourth-order valence-corrected chi connectivity index (χ4v) is 1.69. The van der Waals surface area contributed by atoms with Crippen LogP contribution >= 0.6 is 0 Å². The Morgan fingerprint density at radius 1 is 1.26 bits per heavy atom. The first-order valence-corrected chi connectivity index (χ1v) is 6.11. The molecule has 0 aliphatic heterocycles. The molecule has 0 spiro atoms. The van der Waals surface area contributed by atoms with Gasteiger partial charge >= 0.3 is 5.97 Å². The highest BCUT2D eigenvalue weighted by atomic mass is 16.5. The molecule has 1 atom stereocenters. The fraction of sp³-hybridized carbons (Fsp3) is 0.500. The Morgan fingerprint density at radius 3 is 2.58 bits per heavy atom. The van der Waals surface area contributed by atoms with Crippen molar-refractivity contribution in [2.45, 2.75) is 25.9 Å². The predicted octanol–water partition coefficient (Wildman–Crippen LogP) is 1.74. The Balaban J connectivity index is 2.59. The average Bonchev–Trinajstić information content (AvgIpc) is 2.44. The molecule has 0 radical (unpaired) electrons. The maximum absolute atomic E-state index is 11.1. The van der Waals surface area contributed by atoms with Crippen molar-refractivity contribution >= 4 is 5.97 Å². The molecule has 0 aromatic heterocycles. The Kier molecular flexibility index (Phi) is 6.15. The average molecular weight is 267 g/mol. The van der Waals surface area contributed by atoms with Crippen molar-refractivity contribution in [1.82, 2.24) is 5.32 Å². The molecule has 0 aliphatic carbocycles. The van der Waals surface area contributed by atoms with Crippen molar-refractivity contribution in [1.29, 1.82) is 0 Å². The smallest absolute Gasteiger partial charge is 0.307 e. The number of nitrogens with one attached hydrogen (secondary N) is 1. The zero-order chi connectivity index (χ0) is 14.3. The minimum atomic E-state index is -0.221. The molecule has 19 heavy (non-hydrogen) atoms. The Bertz CT molecular complexity index is 420. The molecule has 106 valence electrons. The van der Waals surface area contributed by atoms with Gasteiger partial charge in [0.1, 0.15) is 11.5 Å². The van der Waals surface area contributed by atoms with Crippen LogP contribution in [-0.4, -0.2) is 33.3 Å². The highest BCUT2D eigenvalue weighted by molar-refractivity contribution is 5.69. The highest BCUT2D eigenvalue weighted by Gasteiger charge is 2.10. The van der Waals surface area contributed by atoms with Gasteiger partial charge in [0.2, 0.25) is 0 Å². The monoisotopic (exact) mass is 267 g/mol. The Morgan fingerprint density at radius 2 is 2.00 bits per heavy atom. The van der Waals surface area contributed by atoms with Crippen molar-refractivity contribution in [3.8, 4) is 11.5 Å². The van der Waals surface area contributed by atoms with Gasteiger partial charge in [0.05, 0.1) is 27.8 Å². The largest absolute Gasteiger partial charge is 0.497 e. The first kappa shape index (κ1) is 15.3. The van der Waals surface area contributed by atoms with Gasteiger partial charge in [0, 0.05) is 24.2 Å². The summed E-state index contributed by atoms with van der Waals surface area (Å²) in [6, 6.07) is 5.70. The van der Waals surface area contributed by atoms with Gasteiger partial charge in [-0.15, -0.1) is 0 Å². The number of benzene rings is 1. The molecular weight excluding hydrogens is 246 g/mol. The van der Waals surface area contributed by atoms with Crippen LogP contribution in [-0.2, 0) is 16.1 Å². The van der Waals surface area contributed by atoms with E-state index in [-0.39, 0.29) is 12.0 Å². The van der Waals surface area contributed by atoms with Crippen molar-refractivity contribution < 1.29 is 19.0 Å². The quantitative estimate of drug-likeness (QED) is 0.763. The van der Waals surface area contributed by atoms with Gasteiger partial charge in [0.15, 0.2) is 0 Å². The first-order valence-electron chi connectivity index (χ1n) is 6.11. The zero-order valence-corrected chi connectivity index (χ0v) is 11.9. The van der Waals surface area contributed by atoms with Gasteiger partial charge in [-0.05, 0) is 13.0 Å². The molecule has 1 aromatic rings. The number of rotatable bonds is 7. The van der Waals surface area contributed by atoms with Crippen LogP contribution in [0.2, 0.25) is 0 Å². The molecular formula is C14H21NO4. The number of hydrogen-bond acceptors (Lipinski definition) is 5. The molecule has 5 heteroatoms. The van der Waals surface area contributed by atoms with Crippen LogP contribution in [0.15, 0.2) is 18.2 Å². The van der Waals surface area contributed by atoms with E-state index < -0.39 is 0 Å². The summed E-state index contributed by atoms with van der Waals surface area (Å²) in [5.41, 5.74) is 1.01. The number of carbonyl (C=O) groups excluding carboxylic acids is 1. The van der Waals surface area contributed by atoms with Gasteiger partial charge in [-0.2, -0.15) is 0 Å². The summed E-state index contributed by atoms with van der Waals surface area (Å²) in [6.07, 6.45) is 0.342. The van der Waals surface area contributed by atoms with E-state index >= 15 is 0 Å². The summed E-state index contributed by atoms with van der Waals surface area (Å²) in [5.74, 6) is 1.29. The van der Waals surface area contributed by atoms with E-state index in [1.165, 1.54) is 7.11 Å². The van der Waals surface area contributed by atoms with Gasteiger partial charge in [0.25, 0.3) is 0 Å². The van der Waals surface area contributed by atoms with Crippen LogP contribution in [0.5, 0.6) is 11.5 Å². The number of esters is 1. The molecule has 0 heterocycles. The number of methoxy groups -OCH3 is 3. The maximum atomic E-state index is 11.1. The molecule has 0 aliphatic rings. The minimum absolute atomic E-state index is 0.0410. The van der Waals surface area contributed by atoms with E-state index in [1.807, 2.05) is 25.1 Å². The molecule has 0 saturated carbocycles.